The van der Waals surface area contributed by atoms with Crippen molar-refractivity contribution in [3.05, 3.63) is 35.9 Å². The average molecular weight is 391 g/mol. The highest BCUT2D eigenvalue weighted by Gasteiger charge is 2.34. The van der Waals surface area contributed by atoms with Gasteiger partial charge in [0.1, 0.15) is 0 Å². The molecule has 1 heterocycles. The summed E-state index contributed by atoms with van der Waals surface area (Å²) < 4.78 is 0.594. The number of aromatic nitrogens is 2. The lowest BCUT2D eigenvalue weighted by Crippen LogP contribution is -2.42. The van der Waals surface area contributed by atoms with Gasteiger partial charge in [-0.3, -0.25) is 30.1 Å². The van der Waals surface area contributed by atoms with Gasteiger partial charge in [-0.15, -0.1) is 10.2 Å². The Bertz CT molecular complexity index is 807. The molecule has 136 valence electrons. The minimum Gasteiger partial charge on any atom is -0.284 e. The van der Waals surface area contributed by atoms with Crippen LogP contribution in [0.3, 0.4) is 0 Å². The quantitative estimate of drug-likeness (QED) is 0.440. The van der Waals surface area contributed by atoms with Crippen molar-refractivity contribution in [2.75, 3.05) is 10.7 Å². The molecule has 1 aliphatic carbocycles. The maximum Gasteiger partial charge on any atom is 0.269 e. The molecule has 0 radical (unpaired) electrons. The number of nitrogens with one attached hydrogen (secondary N) is 2. The number of amides is 3. The van der Waals surface area contributed by atoms with Crippen LogP contribution in [0, 0.1) is 0 Å². The summed E-state index contributed by atoms with van der Waals surface area (Å²) in [6.45, 7) is 1.51. The molecule has 0 saturated heterocycles. The maximum absolute atomic E-state index is 11.9. The topological polar surface area (TPSA) is 104 Å². The molecule has 0 bridgehead atoms. The molecule has 0 aliphatic heterocycles. The Morgan fingerprint density at radius 3 is 2.58 bits per heavy atom. The molecule has 3 amide bonds. The molecule has 1 fully saturated rings. The van der Waals surface area contributed by atoms with Gasteiger partial charge >= 0.3 is 0 Å². The fourth-order valence-electron chi connectivity index (χ4n) is 2.19. The smallest absolute Gasteiger partial charge is 0.269 e. The summed E-state index contributed by atoms with van der Waals surface area (Å²) in [7, 11) is 0. The first-order chi connectivity index (χ1) is 12.5. The van der Waals surface area contributed by atoms with Crippen molar-refractivity contribution in [1.29, 1.82) is 0 Å². The molecule has 1 aliphatic rings. The number of rotatable bonds is 6. The third-order valence-corrected chi connectivity index (χ3v) is 5.59. The van der Waals surface area contributed by atoms with Crippen molar-refractivity contribution in [3.63, 3.8) is 0 Å². The molecule has 1 saturated carbocycles. The van der Waals surface area contributed by atoms with Crippen LogP contribution in [0.5, 0.6) is 0 Å². The van der Waals surface area contributed by atoms with Crippen LogP contribution >= 0.6 is 23.1 Å². The molecular weight excluding hydrogens is 374 g/mol. The van der Waals surface area contributed by atoms with E-state index in [1.807, 2.05) is 0 Å². The fraction of sp³-hybridized carbons (Fsp3) is 0.312. The number of hydrogen-bond donors (Lipinski definition) is 2. The van der Waals surface area contributed by atoms with Crippen molar-refractivity contribution in [2.45, 2.75) is 30.1 Å². The number of benzene rings is 1. The van der Waals surface area contributed by atoms with Crippen LogP contribution in [-0.4, -0.2) is 39.7 Å². The summed E-state index contributed by atoms with van der Waals surface area (Å²) in [5, 5.41) is 8.61. The standard InChI is InChI=1S/C16H17N5O3S2/c1-10(22)21(12-7-8-12)15-19-20-16(26-15)25-9-13(23)17-18-14(24)11-5-3-2-4-6-11/h2-6,12H,7-9H2,1H3,(H,17,23)(H,18,24). The number of thioether (sulfide) groups is 1. The Balaban J connectivity index is 1.46. The second-order valence-electron chi connectivity index (χ2n) is 5.63. The molecule has 26 heavy (non-hydrogen) atoms. The van der Waals surface area contributed by atoms with E-state index in [0.29, 0.717) is 15.0 Å². The summed E-state index contributed by atoms with van der Waals surface area (Å²) in [4.78, 5) is 37.1. The van der Waals surface area contributed by atoms with Crippen molar-refractivity contribution >= 4 is 46.0 Å². The van der Waals surface area contributed by atoms with E-state index in [1.54, 1.807) is 35.2 Å². The van der Waals surface area contributed by atoms with Gasteiger partial charge in [-0.05, 0) is 25.0 Å². The van der Waals surface area contributed by atoms with Crippen LogP contribution in [0.4, 0.5) is 5.13 Å². The summed E-state index contributed by atoms with van der Waals surface area (Å²) in [6, 6.07) is 8.81. The van der Waals surface area contributed by atoms with E-state index in [-0.39, 0.29) is 29.5 Å². The second-order valence-corrected chi connectivity index (χ2v) is 7.81. The first kappa shape index (κ1) is 18.3. The first-order valence-corrected chi connectivity index (χ1v) is 9.75. The van der Waals surface area contributed by atoms with E-state index in [4.69, 9.17) is 0 Å². The van der Waals surface area contributed by atoms with Gasteiger partial charge in [0, 0.05) is 18.5 Å². The molecular formula is C16H17N5O3S2. The molecule has 3 rings (SSSR count). The third-order valence-electron chi connectivity index (χ3n) is 3.53. The van der Waals surface area contributed by atoms with Crippen LogP contribution in [0.25, 0.3) is 0 Å². The molecule has 1 aromatic carbocycles. The minimum atomic E-state index is -0.385. The lowest BCUT2D eigenvalue weighted by molar-refractivity contribution is -0.119. The maximum atomic E-state index is 11.9. The van der Waals surface area contributed by atoms with Gasteiger partial charge in [-0.25, -0.2) is 0 Å². The van der Waals surface area contributed by atoms with Crippen molar-refractivity contribution in [3.8, 4) is 0 Å². The van der Waals surface area contributed by atoms with E-state index in [1.165, 1.54) is 30.0 Å². The number of anilines is 1. The molecule has 2 N–H and O–H groups in total. The van der Waals surface area contributed by atoms with E-state index in [0.717, 1.165) is 12.8 Å². The number of hydrazine groups is 1. The summed E-state index contributed by atoms with van der Waals surface area (Å²) in [5.74, 6) is -0.723. The molecule has 0 spiro atoms. The summed E-state index contributed by atoms with van der Waals surface area (Å²) in [5.41, 5.74) is 5.18. The Morgan fingerprint density at radius 2 is 1.92 bits per heavy atom. The van der Waals surface area contributed by atoms with Crippen LogP contribution < -0.4 is 15.8 Å². The van der Waals surface area contributed by atoms with Crippen molar-refractivity contribution in [2.24, 2.45) is 0 Å². The van der Waals surface area contributed by atoms with Gasteiger partial charge in [0.15, 0.2) is 4.34 Å². The van der Waals surface area contributed by atoms with Crippen LogP contribution in [0.15, 0.2) is 34.7 Å². The third kappa shape index (κ3) is 4.79. The Morgan fingerprint density at radius 1 is 1.19 bits per heavy atom. The minimum absolute atomic E-state index is 0.0541. The van der Waals surface area contributed by atoms with Gasteiger partial charge in [-0.1, -0.05) is 41.3 Å². The van der Waals surface area contributed by atoms with E-state index < -0.39 is 0 Å². The lowest BCUT2D eigenvalue weighted by Gasteiger charge is -2.15. The second kappa shape index (κ2) is 8.28. The highest BCUT2D eigenvalue weighted by atomic mass is 32.2. The number of nitrogens with zero attached hydrogens (tertiary/aromatic N) is 3. The first-order valence-electron chi connectivity index (χ1n) is 7.95. The summed E-state index contributed by atoms with van der Waals surface area (Å²) >= 11 is 2.48. The molecule has 10 heteroatoms. The molecule has 0 unspecified atom stereocenters. The Kier molecular flexibility index (Phi) is 5.84. The molecule has 8 nitrogen and oxygen atoms in total. The van der Waals surface area contributed by atoms with Crippen molar-refractivity contribution < 1.29 is 14.4 Å². The van der Waals surface area contributed by atoms with E-state index in [9.17, 15) is 14.4 Å². The zero-order valence-electron chi connectivity index (χ0n) is 14.0. The predicted molar refractivity (Wildman–Crippen MR) is 98.9 cm³/mol. The number of carbonyl (C=O) groups is 3. The van der Waals surface area contributed by atoms with Gasteiger partial charge in [-0.2, -0.15) is 0 Å². The Hall–Kier alpha value is -2.46. The highest BCUT2D eigenvalue weighted by Crippen LogP contribution is 2.35. The molecule has 2 aromatic rings. The van der Waals surface area contributed by atoms with Crippen molar-refractivity contribution in [1.82, 2.24) is 21.0 Å². The number of carbonyl (C=O) groups excluding carboxylic acids is 3. The number of hydrogen-bond acceptors (Lipinski definition) is 7. The average Bonchev–Trinajstić information content (AvgIpc) is 3.36. The predicted octanol–water partition coefficient (Wildman–Crippen LogP) is 1.61. The lowest BCUT2D eigenvalue weighted by atomic mass is 10.2. The normalized spacial score (nSPS) is 13.1. The van der Waals surface area contributed by atoms with E-state index >= 15 is 0 Å². The van der Waals surface area contributed by atoms with Gasteiger partial charge in [0.05, 0.1) is 5.75 Å². The zero-order chi connectivity index (χ0) is 18.5. The van der Waals surface area contributed by atoms with Crippen LogP contribution in [0.2, 0.25) is 0 Å². The monoisotopic (exact) mass is 391 g/mol. The zero-order valence-corrected chi connectivity index (χ0v) is 15.6. The molecule has 0 atom stereocenters. The SMILES string of the molecule is CC(=O)N(c1nnc(SCC(=O)NNC(=O)c2ccccc2)s1)C1CC1. The largest absolute Gasteiger partial charge is 0.284 e. The Labute approximate surface area is 158 Å². The van der Waals surface area contributed by atoms with Crippen LogP contribution in [-0.2, 0) is 9.59 Å². The van der Waals surface area contributed by atoms with Crippen LogP contribution in [0.1, 0.15) is 30.1 Å². The fourth-order valence-corrected chi connectivity index (χ4v) is 3.95. The summed E-state index contributed by atoms with van der Waals surface area (Å²) in [6.07, 6.45) is 1.95. The van der Waals surface area contributed by atoms with Gasteiger partial charge in [0.25, 0.3) is 5.91 Å². The van der Waals surface area contributed by atoms with E-state index in [2.05, 4.69) is 21.0 Å². The highest BCUT2D eigenvalue weighted by molar-refractivity contribution is 8.01. The van der Waals surface area contributed by atoms with Gasteiger partial charge in [0.2, 0.25) is 16.9 Å². The van der Waals surface area contributed by atoms with Gasteiger partial charge < -0.3 is 0 Å². The molecule has 1 aromatic heterocycles.